The van der Waals surface area contributed by atoms with Gasteiger partial charge in [-0.15, -0.1) is 0 Å². The minimum Gasteiger partial charge on any atom is -0.383 e. The van der Waals surface area contributed by atoms with E-state index in [1.54, 1.807) is 6.20 Å². The Morgan fingerprint density at radius 1 is 1.46 bits per heavy atom. The Balaban J connectivity index is 2.18. The van der Waals surface area contributed by atoms with Gasteiger partial charge < -0.3 is 15.2 Å². The van der Waals surface area contributed by atoms with Crippen molar-refractivity contribution in [3.05, 3.63) is 23.9 Å². The molecule has 1 aromatic heterocycles. The summed E-state index contributed by atoms with van der Waals surface area (Å²) in [6.45, 7) is 1.85. The quantitative estimate of drug-likeness (QED) is 0.693. The van der Waals surface area contributed by atoms with E-state index in [0.29, 0.717) is 25.6 Å². The van der Waals surface area contributed by atoms with Gasteiger partial charge in [-0.3, -0.25) is 0 Å². The van der Waals surface area contributed by atoms with E-state index in [2.05, 4.69) is 4.98 Å². The maximum absolute atomic E-state index is 5.70. The lowest BCUT2D eigenvalue weighted by Gasteiger charge is -2.23. The van der Waals surface area contributed by atoms with E-state index in [1.165, 1.54) is 0 Å². The first-order chi connectivity index (χ1) is 6.38. The zero-order chi connectivity index (χ0) is 9.10. The number of ether oxygens (including phenoxy) is 2. The number of nitrogens with zero attached hydrogens (tertiary/aromatic N) is 1. The summed E-state index contributed by atoms with van der Waals surface area (Å²) < 4.78 is 10.8. The first-order valence-electron chi connectivity index (χ1n) is 4.27. The van der Waals surface area contributed by atoms with Crippen LogP contribution in [-0.2, 0) is 9.47 Å². The standard InChI is InChI=1S/C9H12N2O2/c10-9-7(2-1-3-11-9)8-6-12-4-5-13-8/h1-3,8H,4-6H2,(H2,10,11). The van der Waals surface area contributed by atoms with Gasteiger partial charge in [-0.05, 0) is 6.07 Å². The van der Waals surface area contributed by atoms with Crippen molar-refractivity contribution in [1.29, 1.82) is 0 Å². The molecule has 2 heterocycles. The van der Waals surface area contributed by atoms with E-state index in [0.717, 1.165) is 5.56 Å². The van der Waals surface area contributed by atoms with Gasteiger partial charge in [-0.2, -0.15) is 0 Å². The molecular weight excluding hydrogens is 168 g/mol. The Hall–Kier alpha value is -1.13. The fourth-order valence-corrected chi connectivity index (χ4v) is 1.37. The summed E-state index contributed by atoms with van der Waals surface area (Å²) in [6, 6.07) is 3.77. The van der Waals surface area contributed by atoms with Crippen LogP contribution in [0.1, 0.15) is 11.7 Å². The molecule has 1 aromatic rings. The van der Waals surface area contributed by atoms with Gasteiger partial charge in [0.1, 0.15) is 11.9 Å². The van der Waals surface area contributed by atoms with E-state index in [9.17, 15) is 0 Å². The number of pyridine rings is 1. The average molecular weight is 180 g/mol. The lowest BCUT2D eigenvalue weighted by atomic mass is 10.1. The number of anilines is 1. The molecule has 1 saturated heterocycles. The van der Waals surface area contributed by atoms with Crippen LogP contribution >= 0.6 is 0 Å². The van der Waals surface area contributed by atoms with Crippen LogP contribution in [0.4, 0.5) is 5.82 Å². The van der Waals surface area contributed by atoms with Crippen LogP contribution in [0.3, 0.4) is 0 Å². The molecule has 70 valence electrons. The van der Waals surface area contributed by atoms with Crippen molar-refractivity contribution in [2.24, 2.45) is 0 Å². The van der Waals surface area contributed by atoms with Crippen molar-refractivity contribution >= 4 is 5.82 Å². The van der Waals surface area contributed by atoms with Gasteiger partial charge >= 0.3 is 0 Å². The van der Waals surface area contributed by atoms with E-state index < -0.39 is 0 Å². The molecule has 4 heteroatoms. The molecule has 1 unspecified atom stereocenters. The zero-order valence-corrected chi connectivity index (χ0v) is 7.27. The second-order valence-electron chi connectivity index (χ2n) is 2.91. The maximum Gasteiger partial charge on any atom is 0.129 e. The number of rotatable bonds is 1. The molecule has 1 aliphatic heterocycles. The SMILES string of the molecule is Nc1ncccc1C1COCCO1. The highest BCUT2D eigenvalue weighted by molar-refractivity contribution is 5.40. The minimum atomic E-state index is -0.0533. The lowest BCUT2D eigenvalue weighted by molar-refractivity contribution is -0.0899. The van der Waals surface area contributed by atoms with E-state index in [-0.39, 0.29) is 6.10 Å². The predicted molar refractivity (Wildman–Crippen MR) is 48.2 cm³/mol. The van der Waals surface area contributed by atoms with Gasteiger partial charge in [0.05, 0.1) is 19.8 Å². The van der Waals surface area contributed by atoms with E-state index >= 15 is 0 Å². The minimum absolute atomic E-state index is 0.0533. The van der Waals surface area contributed by atoms with Gasteiger partial charge in [0.15, 0.2) is 0 Å². The molecule has 0 amide bonds. The van der Waals surface area contributed by atoms with Crippen molar-refractivity contribution in [2.75, 3.05) is 25.6 Å². The summed E-state index contributed by atoms with van der Waals surface area (Å²) in [5.74, 6) is 0.526. The molecule has 2 N–H and O–H groups in total. The summed E-state index contributed by atoms with van der Waals surface area (Å²) >= 11 is 0. The second kappa shape index (κ2) is 3.72. The zero-order valence-electron chi connectivity index (χ0n) is 7.27. The Morgan fingerprint density at radius 2 is 2.38 bits per heavy atom. The smallest absolute Gasteiger partial charge is 0.129 e. The van der Waals surface area contributed by atoms with Crippen LogP contribution in [0.15, 0.2) is 18.3 Å². The number of hydrogen-bond acceptors (Lipinski definition) is 4. The van der Waals surface area contributed by atoms with E-state index in [1.807, 2.05) is 12.1 Å². The molecule has 1 atom stereocenters. The molecule has 0 radical (unpaired) electrons. The Labute approximate surface area is 76.7 Å². The Bertz CT molecular complexity index is 285. The third-order valence-corrected chi connectivity index (χ3v) is 2.03. The molecule has 0 aromatic carbocycles. The normalized spacial score (nSPS) is 22.9. The van der Waals surface area contributed by atoms with Crippen LogP contribution < -0.4 is 5.73 Å². The predicted octanol–water partition coefficient (Wildman–Crippen LogP) is 0.752. The van der Waals surface area contributed by atoms with Crippen molar-refractivity contribution in [3.63, 3.8) is 0 Å². The highest BCUT2D eigenvalue weighted by Crippen LogP contribution is 2.23. The molecule has 2 rings (SSSR count). The fourth-order valence-electron chi connectivity index (χ4n) is 1.37. The van der Waals surface area contributed by atoms with Gasteiger partial charge in [0, 0.05) is 11.8 Å². The second-order valence-corrected chi connectivity index (χ2v) is 2.91. The van der Waals surface area contributed by atoms with Crippen LogP contribution in [0.5, 0.6) is 0 Å². The van der Waals surface area contributed by atoms with Gasteiger partial charge in [-0.1, -0.05) is 6.07 Å². The number of aromatic nitrogens is 1. The summed E-state index contributed by atoms with van der Waals surface area (Å²) in [7, 11) is 0. The maximum atomic E-state index is 5.70. The van der Waals surface area contributed by atoms with Gasteiger partial charge in [0.25, 0.3) is 0 Å². The van der Waals surface area contributed by atoms with Crippen molar-refractivity contribution in [2.45, 2.75) is 6.10 Å². The third-order valence-electron chi connectivity index (χ3n) is 2.03. The number of nitrogens with two attached hydrogens (primary N) is 1. The van der Waals surface area contributed by atoms with Crippen LogP contribution in [-0.4, -0.2) is 24.8 Å². The van der Waals surface area contributed by atoms with Gasteiger partial charge in [-0.25, -0.2) is 4.98 Å². The molecule has 0 spiro atoms. The summed E-state index contributed by atoms with van der Waals surface area (Å²) in [5, 5.41) is 0. The average Bonchev–Trinajstić information content (AvgIpc) is 2.20. The highest BCUT2D eigenvalue weighted by Gasteiger charge is 2.18. The van der Waals surface area contributed by atoms with Crippen LogP contribution in [0.25, 0.3) is 0 Å². The lowest BCUT2D eigenvalue weighted by Crippen LogP contribution is -2.22. The molecule has 0 saturated carbocycles. The Morgan fingerprint density at radius 3 is 3.08 bits per heavy atom. The van der Waals surface area contributed by atoms with Gasteiger partial charge in [0.2, 0.25) is 0 Å². The Kier molecular flexibility index (Phi) is 2.42. The first-order valence-corrected chi connectivity index (χ1v) is 4.27. The van der Waals surface area contributed by atoms with Crippen LogP contribution in [0.2, 0.25) is 0 Å². The highest BCUT2D eigenvalue weighted by atomic mass is 16.6. The molecule has 1 fully saturated rings. The molecule has 0 bridgehead atoms. The molecule has 13 heavy (non-hydrogen) atoms. The monoisotopic (exact) mass is 180 g/mol. The first kappa shape index (κ1) is 8.47. The van der Waals surface area contributed by atoms with Crippen molar-refractivity contribution < 1.29 is 9.47 Å². The van der Waals surface area contributed by atoms with E-state index in [4.69, 9.17) is 15.2 Å². The number of nitrogen functional groups attached to an aromatic ring is 1. The van der Waals surface area contributed by atoms with Crippen molar-refractivity contribution in [3.8, 4) is 0 Å². The topological polar surface area (TPSA) is 57.4 Å². The van der Waals surface area contributed by atoms with Crippen LogP contribution in [0, 0.1) is 0 Å². The van der Waals surface area contributed by atoms with Crippen molar-refractivity contribution in [1.82, 2.24) is 4.98 Å². The number of hydrogen-bond donors (Lipinski definition) is 1. The molecule has 1 aliphatic rings. The molecule has 4 nitrogen and oxygen atoms in total. The molecular formula is C9H12N2O2. The largest absolute Gasteiger partial charge is 0.383 e. The molecule has 0 aliphatic carbocycles. The third kappa shape index (κ3) is 1.79. The fraction of sp³-hybridized carbons (Fsp3) is 0.444. The summed E-state index contributed by atoms with van der Waals surface area (Å²) in [4.78, 5) is 4.00. The summed E-state index contributed by atoms with van der Waals surface area (Å²) in [6.07, 6.45) is 1.62. The summed E-state index contributed by atoms with van der Waals surface area (Å²) in [5.41, 5.74) is 6.62.